The van der Waals surface area contributed by atoms with Gasteiger partial charge < -0.3 is 10.2 Å². The summed E-state index contributed by atoms with van der Waals surface area (Å²) in [6.07, 6.45) is 9.06. The van der Waals surface area contributed by atoms with E-state index < -0.39 is 5.60 Å². The van der Waals surface area contributed by atoms with Gasteiger partial charge in [-0.15, -0.1) is 0 Å². The zero-order chi connectivity index (χ0) is 17.6. The van der Waals surface area contributed by atoms with E-state index in [1.165, 1.54) is 25.7 Å². The fraction of sp³-hybridized carbons (Fsp3) is 0.857. The minimum absolute atomic E-state index is 0.0861. The fourth-order valence-corrected chi connectivity index (χ4v) is 7.80. The summed E-state index contributed by atoms with van der Waals surface area (Å²) in [5.41, 5.74) is 2.12. The summed E-state index contributed by atoms with van der Waals surface area (Å²) in [4.78, 5) is 12.2. The van der Waals surface area contributed by atoms with Crippen molar-refractivity contribution in [2.75, 3.05) is 0 Å². The molecular weight excluding hydrogens is 312 g/mol. The minimum atomic E-state index is -0.502. The number of hydrogen-bond donors (Lipinski definition) is 3. The Morgan fingerprint density at radius 2 is 1.76 bits per heavy atom. The van der Waals surface area contributed by atoms with E-state index >= 15 is 0 Å². The Labute approximate surface area is 149 Å². The average Bonchev–Trinajstić information content (AvgIpc) is 3.02. The van der Waals surface area contributed by atoms with Crippen LogP contribution in [-0.2, 0) is 12.8 Å². The first-order valence-electron chi connectivity index (χ1n) is 10.3. The summed E-state index contributed by atoms with van der Waals surface area (Å²) in [5, 5.41) is 17.0. The van der Waals surface area contributed by atoms with Gasteiger partial charge in [0, 0.05) is 11.3 Å². The first-order valence-corrected chi connectivity index (χ1v) is 10.3. The maximum atomic E-state index is 12.2. The van der Waals surface area contributed by atoms with Crippen molar-refractivity contribution in [2.45, 2.75) is 77.7 Å². The van der Waals surface area contributed by atoms with Gasteiger partial charge >= 0.3 is 0 Å². The highest BCUT2D eigenvalue weighted by molar-refractivity contribution is 5.26. The van der Waals surface area contributed by atoms with Crippen LogP contribution in [0.5, 0.6) is 0 Å². The fourth-order valence-electron chi connectivity index (χ4n) is 7.80. The van der Waals surface area contributed by atoms with E-state index in [0.717, 1.165) is 42.9 Å². The van der Waals surface area contributed by atoms with E-state index in [1.807, 2.05) is 0 Å². The molecular formula is C21H32N2O2. The lowest BCUT2D eigenvalue weighted by atomic mass is 9.44. The van der Waals surface area contributed by atoms with Crippen LogP contribution in [0.25, 0.3) is 0 Å². The molecule has 1 aromatic heterocycles. The number of fused-ring (bicyclic) bond motifs is 6. The first-order chi connectivity index (χ1) is 11.8. The number of rotatable bonds is 0. The number of aromatic amines is 2. The molecule has 3 saturated carbocycles. The Kier molecular flexibility index (Phi) is 3.12. The molecule has 0 spiro atoms. The van der Waals surface area contributed by atoms with Gasteiger partial charge in [-0.25, -0.2) is 0 Å². The van der Waals surface area contributed by atoms with E-state index in [2.05, 4.69) is 31.0 Å². The molecule has 0 aliphatic heterocycles. The summed E-state index contributed by atoms with van der Waals surface area (Å²) in [7, 11) is 0. The predicted molar refractivity (Wildman–Crippen MR) is 97.3 cm³/mol. The van der Waals surface area contributed by atoms with Crippen LogP contribution in [0, 0.1) is 34.5 Å². The number of H-pyrrole nitrogens is 2. The van der Waals surface area contributed by atoms with Crippen molar-refractivity contribution in [1.29, 1.82) is 0 Å². The average molecular weight is 344 g/mol. The molecule has 4 aliphatic rings. The second kappa shape index (κ2) is 4.82. The van der Waals surface area contributed by atoms with Gasteiger partial charge in [0.2, 0.25) is 0 Å². The molecule has 4 heteroatoms. The predicted octanol–water partition coefficient (Wildman–Crippen LogP) is 3.41. The highest BCUT2D eigenvalue weighted by Gasteiger charge is 2.63. The molecule has 0 amide bonds. The molecule has 0 unspecified atom stereocenters. The minimum Gasteiger partial charge on any atom is -0.390 e. The molecule has 1 aromatic rings. The maximum absolute atomic E-state index is 12.2. The quantitative estimate of drug-likeness (QED) is 0.675. The van der Waals surface area contributed by atoms with Gasteiger partial charge in [-0.05, 0) is 92.8 Å². The van der Waals surface area contributed by atoms with Gasteiger partial charge in [-0.3, -0.25) is 9.89 Å². The number of hydrogen-bond acceptors (Lipinski definition) is 2. The molecule has 4 aliphatic carbocycles. The van der Waals surface area contributed by atoms with Crippen LogP contribution in [0.2, 0.25) is 0 Å². The van der Waals surface area contributed by atoms with Crippen molar-refractivity contribution in [3.05, 3.63) is 21.6 Å². The molecule has 0 radical (unpaired) electrons. The number of aromatic nitrogens is 2. The second-order valence-corrected chi connectivity index (χ2v) is 10.3. The molecule has 3 fully saturated rings. The lowest BCUT2D eigenvalue weighted by molar-refractivity contribution is -0.139. The van der Waals surface area contributed by atoms with Crippen molar-refractivity contribution >= 4 is 0 Å². The summed E-state index contributed by atoms with van der Waals surface area (Å²) in [5.74, 6) is 2.79. The van der Waals surface area contributed by atoms with Gasteiger partial charge in [0.15, 0.2) is 0 Å². The highest BCUT2D eigenvalue weighted by Crippen LogP contribution is 2.67. The third-order valence-corrected chi connectivity index (χ3v) is 9.60. The van der Waals surface area contributed by atoms with Gasteiger partial charge in [-0.1, -0.05) is 13.8 Å². The smallest absolute Gasteiger partial charge is 0.267 e. The summed E-state index contributed by atoms with van der Waals surface area (Å²) < 4.78 is 0. The van der Waals surface area contributed by atoms with Crippen LogP contribution >= 0.6 is 0 Å². The van der Waals surface area contributed by atoms with E-state index in [9.17, 15) is 9.90 Å². The Morgan fingerprint density at radius 1 is 1.00 bits per heavy atom. The van der Waals surface area contributed by atoms with Crippen LogP contribution in [0.3, 0.4) is 0 Å². The molecule has 3 N–H and O–H groups in total. The van der Waals surface area contributed by atoms with Crippen molar-refractivity contribution in [1.82, 2.24) is 10.2 Å². The Hall–Kier alpha value is -1.03. The van der Waals surface area contributed by atoms with Crippen molar-refractivity contribution in [3.63, 3.8) is 0 Å². The van der Waals surface area contributed by atoms with Gasteiger partial charge in [0.05, 0.1) is 5.60 Å². The molecule has 1 heterocycles. The number of nitrogens with one attached hydrogen (secondary N) is 2. The molecule has 0 aromatic carbocycles. The molecule has 138 valence electrons. The molecule has 4 nitrogen and oxygen atoms in total. The first kappa shape index (κ1) is 16.2. The van der Waals surface area contributed by atoms with Gasteiger partial charge in [-0.2, -0.15) is 0 Å². The molecule has 5 rings (SSSR count). The monoisotopic (exact) mass is 344 g/mol. The second-order valence-electron chi connectivity index (χ2n) is 10.3. The van der Waals surface area contributed by atoms with Gasteiger partial charge in [0.25, 0.3) is 5.56 Å². The van der Waals surface area contributed by atoms with Crippen LogP contribution in [0.15, 0.2) is 4.79 Å². The topological polar surface area (TPSA) is 68.9 Å². The van der Waals surface area contributed by atoms with Crippen LogP contribution in [0.4, 0.5) is 0 Å². The summed E-state index contributed by atoms with van der Waals surface area (Å²) >= 11 is 0. The molecule has 0 bridgehead atoms. The van der Waals surface area contributed by atoms with Crippen LogP contribution in [0.1, 0.15) is 70.6 Å². The zero-order valence-corrected chi connectivity index (χ0v) is 15.8. The molecule has 0 saturated heterocycles. The van der Waals surface area contributed by atoms with Crippen molar-refractivity contribution in [2.24, 2.45) is 34.5 Å². The highest BCUT2D eigenvalue weighted by atomic mass is 16.3. The SMILES string of the molecule is C[C@]12Cc3c([nH][nH]c3=O)C[C@@H]1CC[C@@H]1[C@@H]2CC[C@@]2(C)[C@H]1CC[C@@]2(C)O. The maximum Gasteiger partial charge on any atom is 0.267 e. The lowest BCUT2D eigenvalue weighted by Crippen LogP contribution is -2.56. The van der Waals surface area contributed by atoms with E-state index in [0.29, 0.717) is 17.8 Å². The largest absolute Gasteiger partial charge is 0.390 e. The molecule has 7 atom stereocenters. The number of aliphatic hydroxyl groups is 1. The van der Waals surface area contributed by atoms with Crippen LogP contribution < -0.4 is 5.56 Å². The lowest BCUT2D eigenvalue weighted by Gasteiger charge is -2.60. The van der Waals surface area contributed by atoms with E-state index in [4.69, 9.17) is 0 Å². The Bertz CT molecular complexity index is 762. The zero-order valence-electron chi connectivity index (χ0n) is 15.8. The van der Waals surface area contributed by atoms with Crippen LogP contribution in [-0.4, -0.2) is 20.9 Å². The Balaban J connectivity index is 1.52. The summed E-state index contributed by atoms with van der Waals surface area (Å²) in [6, 6.07) is 0. The standard InChI is InChI=1S/C21H32N2O2/c1-19-11-14-17(22-23-18(14)24)10-12(19)4-5-13-15(19)6-8-20(2)16(13)7-9-21(20,3)25/h12-13,15-16,25H,4-11H2,1-3H3,(H2,22,23,24)/t12-,13+,15-,16-,19-,20-,21+/m0/s1. The summed E-state index contributed by atoms with van der Waals surface area (Å²) in [6.45, 7) is 6.90. The van der Waals surface area contributed by atoms with E-state index in [-0.39, 0.29) is 16.4 Å². The van der Waals surface area contributed by atoms with Crippen molar-refractivity contribution < 1.29 is 5.11 Å². The molecule has 25 heavy (non-hydrogen) atoms. The van der Waals surface area contributed by atoms with Crippen molar-refractivity contribution in [3.8, 4) is 0 Å². The van der Waals surface area contributed by atoms with E-state index in [1.54, 1.807) is 0 Å². The normalized spacial score (nSPS) is 51.4. The third-order valence-electron chi connectivity index (χ3n) is 9.60. The Morgan fingerprint density at radius 3 is 2.56 bits per heavy atom. The van der Waals surface area contributed by atoms with Gasteiger partial charge in [0.1, 0.15) is 0 Å². The third kappa shape index (κ3) is 1.90.